The van der Waals surface area contributed by atoms with Crippen LogP contribution in [-0.2, 0) is 0 Å². The van der Waals surface area contributed by atoms with E-state index in [1.54, 1.807) is 0 Å². The Balaban J connectivity index is 3.07. The summed E-state index contributed by atoms with van der Waals surface area (Å²) in [5.74, 6) is -1.10. The molecule has 0 unspecified atom stereocenters. The molecule has 1 aromatic rings. The van der Waals surface area contributed by atoms with E-state index in [1.165, 1.54) is 18.2 Å². The summed E-state index contributed by atoms with van der Waals surface area (Å²) in [4.78, 5) is 12.4. The molecule has 0 fully saturated rings. The van der Waals surface area contributed by atoms with E-state index in [0.717, 1.165) is 0 Å². The Morgan fingerprint density at radius 2 is 2.05 bits per heavy atom. The number of hydrogen-bond acceptors (Lipinski definition) is 2. The van der Waals surface area contributed by atoms with Crippen molar-refractivity contribution in [1.82, 2.24) is 5.32 Å². The molecule has 6 heteroatoms. The first-order valence-electron chi connectivity index (χ1n) is 5.93. The van der Waals surface area contributed by atoms with Crippen molar-refractivity contribution >= 4 is 39.0 Å². The van der Waals surface area contributed by atoms with E-state index in [9.17, 15) is 9.18 Å². The molecular weight excluding hydrogens is 331 g/mol. The van der Waals surface area contributed by atoms with Gasteiger partial charge in [-0.05, 0) is 31.0 Å². The van der Waals surface area contributed by atoms with Gasteiger partial charge in [0.15, 0.2) is 0 Å². The predicted molar refractivity (Wildman–Crippen MR) is 81.7 cm³/mol. The van der Waals surface area contributed by atoms with Crippen molar-refractivity contribution in [3.8, 4) is 0 Å². The average Bonchev–Trinajstić information content (AvgIpc) is 2.38. The zero-order valence-electron chi connectivity index (χ0n) is 10.8. The number of thiocarbonyl (C=S) groups is 1. The van der Waals surface area contributed by atoms with Crippen LogP contribution in [0, 0.1) is 5.82 Å². The molecule has 0 saturated heterocycles. The van der Waals surface area contributed by atoms with Gasteiger partial charge in [0.05, 0.1) is 16.1 Å². The number of benzene rings is 1. The zero-order chi connectivity index (χ0) is 14.6. The Kier molecular flexibility index (Phi) is 5.43. The van der Waals surface area contributed by atoms with Crippen LogP contribution in [0.4, 0.5) is 4.39 Å². The summed E-state index contributed by atoms with van der Waals surface area (Å²) >= 11 is 8.22. The summed E-state index contributed by atoms with van der Waals surface area (Å²) in [5.41, 5.74) is 4.89. The number of carbonyl (C=O) groups is 1. The topological polar surface area (TPSA) is 55.1 Å². The van der Waals surface area contributed by atoms with Crippen LogP contribution in [0.15, 0.2) is 22.7 Å². The average molecular weight is 347 g/mol. The van der Waals surface area contributed by atoms with E-state index >= 15 is 0 Å². The lowest BCUT2D eigenvalue weighted by atomic mass is 9.92. The lowest BCUT2D eigenvalue weighted by Crippen LogP contribution is -2.56. The van der Waals surface area contributed by atoms with Gasteiger partial charge in [0.1, 0.15) is 5.82 Å². The van der Waals surface area contributed by atoms with E-state index < -0.39 is 17.3 Å². The molecule has 1 amide bonds. The molecule has 0 aliphatic heterocycles. The minimum atomic E-state index is -0.777. The quantitative estimate of drug-likeness (QED) is 0.805. The van der Waals surface area contributed by atoms with Crippen molar-refractivity contribution in [3.63, 3.8) is 0 Å². The second-order valence-corrected chi connectivity index (χ2v) is 5.59. The van der Waals surface area contributed by atoms with E-state index in [1.807, 2.05) is 13.8 Å². The van der Waals surface area contributed by atoms with Crippen molar-refractivity contribution in [3.05, 3.63) is 34.1 Å². The molecule has 1 aromatic carbocycles. The normalized spacial score (nSPS) is 11.2. The van der Waals surface area contributed by atoms with Crippen LogP contribution < -0.4 is 11.1 Å². The van der Waals surface area contributed by atoms with Gasteiger partial charge in [0, 0.05) is 4.47 Å². The fourth-order valence-electron chi connectivity index (χ4n) is 1.79. The number of rotatable bonds is 5. The largest absolute Gasteiger partial charge is 0.391 e. The van der Waals surface area contributed by atoms with Crippen molar-refractivity contribution in [2.75, 3.05) is 0 Å². The first-order valence-corrected chi connectivity index (χ1v) is 7.14. The number of halogens is 2. The molecule has 0 saturated carbocycles. The van der Waals surface area contributed by atoms with Gasteiger partial charge in [0.25, 0.3) is 5.91 Å². The van der Waals surface area contributed by atoms with Gasteiger partial charge in [-0.3, -0.25) is 4.79 Å². The minimum Gasteiger partial charge on any atom is -0.391 e. The number of carbonyl (C=O) groups excluding carboxylic acids is 1. The third-order valence-corrected chi connectivity index (χ3v) is 4.09. The Morgan fingerprint density at radius 3 is 2.53 bits per heavy atom. The van der Waals surface area contributed by atoms with Crippen LogP contribution in [0.1, 0.15) is 37.0 Å². The van der Waals surface area contributed by atoms with E-state index in [2.05, 4.69) is 21.2 Å². The fourth-order valence-corrected chi connectivity index (χ4v) is 2.49. The standard InChI is InChI=1S/C13H16BrFN2OS/c1-3-13(4-2,12(16)19)17-11(18)9-7-8(14)5-6-10(9)15/h5-7H,3-4H2,1-2H3,(H2,16,19)(H,17,18). The minimum absolute atomic E-state index is 0.0306. The highest BCUT2D eigenvalue weighted by Crippen LogP contribution is 2.19. The summed E-state index contributed by atoms with van der Waals surface area (Å²) in [6, 6.07) is 4.20. The molecule has 0 heterocycles. The molecule has 0 bridgehead atoms. The molecule has 0 spiro atoms. The molecule has 19 heavy (non-hydrogen) atoms. The summed E-state index contributed by atoms with van der Waals surface area (Å²) in [7, 11) is 0. The summed E-state index contributed by atoms with van der Waals surface area (Å²) < 4.78 is 14.3. The summed E-state index contributed by atoms with van der Waals surface area (Å²) in [6.07, 6.45) is 1.11. The zero-order valence-corrected chi connectivity index (χ0v) is 13.2. The molecule has 0 aliphatic rings. The van der Waals surface area contributed by atoms with Crippen molar-refractivity contribution < 1.29 is 9.18 Å². The third kappa shape index (κ3) is 3.51. The van der Waals surface area contributed by atoms with Gasteiger partial charge in [-0.15, -0.1) is 0 Å². The van der Waals surface area contributed by atoms with E-state index in [0.29, 0.717) is 17.3 Å². The molecule has 3 N–H and O–H groups in total. The van der Waals surface area contributed by atoms with Crippen LogP contribution in [0.5, 0.6) is 0 Å². The number of amides is 1. The van der Waals surface area contributed by atoms with Crippen LogP contribution in [0.25, 0.3) is 0 Å². The molecule has 0 radical (unpaired) electrons. The maximum atomic E-state index is 13.7. The molecule has 3 nitrogen and oxygen atoms in total. The van der Waals surface area contributed by atoms with Gasteiger partial charge in [0.2, 0.25) is 0 Å². The van der Waals surface area contributed by atoms with Gasteiger partial charge in [-0.1, -0.05) is 42.0 Å². The molecular formula is C13H16BrFN2OS. The maximum Gasteiger partial charge on any atom is 0.255 e. The fraction of sp³-hybridized carbons (Fsp3) is 0.385. The van der Waals surface area contributed by atoms with Crippen molar-refractivity contribution in [2.45, 2.75) is 32.2 Å². The molecule has 0 aromatic heterocycles. The van der Waals surface area contributed by atoms with Gasteiger partial charge >= 0.3 is 0 Å². The summed E-state index contributed by atoms with van der Waals surface area (Å²) in [5, 5.41) is 2.75. The second-order valence-electron chi connectivity index (χ2n) is 4.23. The molecule has 0 aliphatic carbocycles. The van der Waals surface area contributed by atoms with E-state index in [4.69, 9.17) is 18.0 Å². The van der Waals surface area contributed by atoms with E-state index in [-0.39, 0.29) is 10.6 Å². The third-order valence-electron chi connectivity index (χ3n) is 3.20. The molecule has 0 atom stereocenters. The lowest BCUT2D eigenvalue weighted by Gasteiger charge is -2.31. The Labute approximate surface area is 125 Å². The smallest absolute Gasteiger partial charge is 0.255 e. The highest BCUT2D eigenvalue weighted by atomic mass is 79.9. The number of nitrogens with one attached hydrogen (secondary N) is 1. The number of hydrogen-bond donors (Lipinski definition) is 2. The van der Waals surface area contributed by atoms with Crippen molar-refractivity contribution in [2.24, 2.45) is 5.73 Å². The Bertz CT molecular complexity index is 503. The Morgan fingerprint density at radius 1 is 1.47 bits per heavy atom. The monoisotopic (exact) mass is 346 g/mol. The first-order chi connectivity index (χ1) is 8.86. The summed E-state index contributed by atoms with van der Waals surface area (Å²) in [6.45, 7) is 3.75. The molecule has 104 valence electrons. The number of nitrogens with two attached hydrogens (primary N) is 1. The predicted octanol–water partition coefficient (Wildman–Crippen LogP) is 3.16. The van der Waals surface area contributed by atoms with Crippen LogP contribution >= 0.6 is 28.1 Å². The van der Waals surface area contributed by atoms with Crippen molar-refractivity contribution in [1.29, 1.82) is 0 Å². The second kappa shape index (κ2) is 6.43. The van der Waals surface area contributed by atoms with Gasteiger partial charge in [-0.2, -0.15) is 0 Å². The highest BCUT2D eigenvalue weighted by molar-refractivity contribution is 9.10. The van der Waals surface area contributed by atoms with Gasteiger partial charge < -0.3 is 11.1 Å². The highest BCUT2D eigenvalue weighted by Gasteiger charge is 2.32. The molecule has 1 rings (SSSR count). The van der Waals surface area contributed by atoms with Gasteiger partial charge in [-0.25, -0.2) is 4.39 Å². The van der Waals surface area contributed by atoms with Crippen LogP contribution in [0.3, 0.4) is 0 Å². The SMILES string of the molecule is CCC(CC)(NC(=O)c1cc(Br)ccc1F)C(N)=S. The maximum absolute atomic E-state index is 13.7. The van der Waals surface area contributed by atoms with Crippen LogP contribution in [0.2, 0.25) is 0 Å². The lowest BCUT2D eigenvalue weighted by molar-refractivity contribution is 0.0915. The van der Waals surface area contributed by atoms with Crippen LogP contribution in [-0.4, -0.2) is 16.4 Å². The first kappa shape index (κ1) is 16.0. The Hall–Kier alpha value is -1.01.